The van der Waals surface area contributed by atoms with Crippen LogP contribution in [0.15, 0.2) is 17.9 Å². The minimum atomic E-state index is 0.723. The van der Waals surface area contributed by atoms with Crippen molar-refractivity contribution in [2.75, 3.05) is 0 Å². The van der Waals surface area contributed by atoms with E-state index in [4.69, 9.17) is 7.85 Å². The van der Waals surface area contributed by atoms with E-state index in [0.717, 1.165) is 12.7 Å². The number of rotatable bonds is 2. The fourth-order valence-corrected chi connectivity index (χ4v) is 0.285. The molecule has 0 unspecified atom stereocenters. The zero-order valence-corrected chi connectivity index (χ0v) is 4.65. The van der Waals surface area contributed by atoms with Crippen molar-refractivity contribution in [2.45, 2.75) is 19.7 Å². The first-order chi connectivity index (χ1) is 3.41. The predicted octanol–water partition coefficient (Wildman–Crippen LogP) is 1.69. The molecule has 0 atom stereocenters. The van der Waals surface area contributed by atoms with Gasteiger partial charge in [0.15, 0.2) is 0 Å². The summed E-state index contributed by atoms with van der Waals surface area (Å²) in [6, 6.07) is 0. The summed E-state index contributed by atoms with van der Waals surface area (Å²) in [5.74, 6) is 0. The molecule has 0 amide bonds. The molecular formula is C6H9B. The molecule has 0 bridgehead atoms. The van der Waals surface area contributed by atoms with Gasteiger partial charge in [-0.1, -0.05) is 6.32 Å². The molecule has 0 aromatic rings. The molecule has 0 rings (SSSR count). The van der Waals surface area contributed by atoms with Crippen molar-refractivity contribution < 1.29 is 0 Å². The lowest BCUT2D eigenvalue weighted by atomic mass is 10.0. The van der Waals surface area contributed by atoms with E-state index in [1.165, 1.54) is 0 Å². The van der Waals surface area contributed by atoms with Crippen molar-refractivity contribution in [1.82, 2.24) is 0 Å². The van der Waals surface area contributed by atoms with E-state index < -0.39 is 0 Å². The van der Waals surface area contributed by atoms with E-state index in [0.29, 0.717) is 0 Å². The Morgan fingerprint density at radius 3 is 2.86 bits per heavy atom. The zero-order valence-electron chi connectivity index (χ0n) is 4.65. The molecule has 7 heavy (non-hydrogen) atoms. The fourth-order valence-electron chi connectivity index (χ4n) is 0.285. The van der Waals surface area contributed by atoms with Gasteiger partial charge in [0, 0.05) is 0 Å². The minimum Gasteiger partial charge on any atom is -0.130 e. The molecular weight excluding hydrogens is 82.9 g/mol. The van der Waals surface area contributed by atoms with Crippen LogP contribution in [-0.4, -0.2) is 7.85 Å². The van der Waals surface area contributed by atoms with E-state index in [2.05, 4.69) is 5.73 Å². The molecule has 0 aromatic heterocycles. The summed E-state index contributed by atoms with van der Waals surface area (Å²) in [4.78, 5) is 0. The summed E-state index contributed by atoms with van der Waals surface area (Å²) in [5.41, 5.74) is 2.92. The summed E-state index contributed by atoms with van der Waals surface area (Å²) >= 11 is 0. The van der Waals surface area contributed by atoms with Crippen LogP contribution in [-0.2, 0) is 0 Å². The Kier molecular flexibility index (Phi) is 5.25. The average Bonchev–Trinajstić information content (AvgIpc) is 1.69. The largest absolute Gasteiger partial charge is 0.130 e. The molecule has 0 spiro atoms. The quantitative estimate of drug-likeness (QED) is 0.359. The Labute approximate surface area is 46.3 Å². The second kappa shape index (κ2) is 5.58. The summed E-state index contributed by atoms with van der Waals surface area (Å²) in [7, 11) is 5.18. The third kappa shape index (κ3) is 5.58. The van der Waals surface area contributed by atoms with Gasteiger partial charge in [-0.05, 0) is 25.5 Å². The first kappa shape index (κ1) is 6.58. The molecule has 0 fully saturated rings. The monoisotopic (exact) mass is 92.1 g/mol. The highest BCUT2D eigenvalue weighted by atomic mass is 13.6. The SMILES string of the molecule is [B]CCC=C=CC. The number of hydrogen-bond donors (Lipinski definition) is 0. The lowest BCUT2D eigenvalue weighted by Crippen LogP contribution is -1.60. The van der Waals surface area contributed by atoms with Gasteiger partial charge in [0.05, 0.1) is 7.85 Å². The zero-order chi connectivity index (χ0) is 5.54. The molecule has 0 N–H and O–H groups in total. The van der Waals surface area contributed by atoms with Crippen LogP contribution in [0.3, 0.4) is 0 Å². The highest BCUT2D eigenvalue weighted by Crippen LogP contribution is 1.82. The third-order valence-electron chi connectivity index (χ3n) is 0.596. The molecule has 0 aromatic carbocycles. The molecule has 36 valence electrons. The van der Waals surface area contributed by atoms with E-state index in [1.54, 1.807) is 0 Å². The molecule has 0 saturated heterocycles. The maximum Gasteiger partial charge on any atom is 0.0657 e. The summed E-state index contributed by atoms with van der Waals surface area (Å²) in [5, 5.41) is 0. The third-order valence-corrected chi connectivity index (χ3v) is 0.596. The Balaban J connectivity index is 3.10. The molecule has 0 aliphatic carbocycles. The van der Waals surface area contributed by atoms with Crippen molar-refractivity contribution in [1.29, 1.82) is 0 Å². The Morgan fingerprint density at radius 2 is 2.43 bits per heavy atom. The molecule has 0 heterocycles. The van der Waals surface area contributed by atoms with Gasteiger partial charge in [-0.2, -0.15) is 0 Å². The molecule has 2 radical (unpaired) electrons. The van der Waals surface area contributed by atoms with Crippen LogP contribution in [0.1, 0.15) is 13.3 Å². The molecule has 0 saturated carbocycles. The normalized spacial score (nSPS) is 7.00. The summed E-state index contributed by atoms with van der Waals surface area (Å²) < 4.78 is 0. The van der Waals surface area contributed by atoms with Gasteiger partial charge in [-0.3, -0.25) is 0 Å². The second-order valence-electron chi connectivity index (χ2n) is 1.24. The van der Waals surface area contributed by atoms with Gasteiger partial charge in [-0.15, -0.1) is 5.73 Å². The van der Waals surface area contributed by atoms with Crippen LogP contribution < -0.4 is 0 Å². The topological polar surface area (TPSA) is 0 Å². The van der Waals surface area contributed by atoms with Gasteiger partial charge in [0.2, 0.25) is 0 Å². The number of allylic oxidation sites excluding steroid dienone is 1. The van der Waals surface area contributed by atoms with Gasteiger partial charge in [0.1, 0.15) is 0 Å². The summed E-state index contributed by atoms with van der Waals surface area (Å²) in [6.45, 7) is 1.94. The number of hydrogen-bond acceptors (Lipinski definition) is 0. The second-order valence-corrected chi connectivity index (χ2v) is 1.24. The lowest BCUT2D eigenvalue weighted by Gasteiger charge is -1.74. The van der Waals surface area contributed by atoms with Gasteiger partial charge in [-0.25, -0.2) is 0 Å². The van der Waals surface area contributed by atoms with Crippen molar-refractivity contribution in [3.8, 4) is 0 Å². The summed E-state index contributed by atoms with van der Waals surface area (Å²) in [6.07, 6.45) is 5.46. The van der Waals surface area contributed by atoms with E-state index in [-0.39, 0.29) is 0 Å². The molecule has 1 heteroatoms. The highest BCUT2D eigenvalue weighted by Gasteiger charge is 1.65. The van der Waals surface area contributed by atoms with E-state index in [9.17, 15) is 0 Å². The predicted molar refractivity (Wildman–Crippen MR) is 33.5 cm³/mol. The Hall–Kier alpha value is -0.415. The van der Waals surface area contributed by atoms with E-state index >= 15 is 0 Å². The van der Waals surface area contributed by atoms with Gasteiger partial charge < -0.3 is 0 Å². The van der Waals surface area contributed by atoms with Crippen LogP contribution in [0.2, 0.25) is 6.32 Å². The van der Waals surface area contributed by atoms with Crippen molar-refractivity contribution in [3.05, 3.63) is 17.9 Å². The van der Waals surface area contributed by atoms with Crippen molar-refractivity contribution >= 4 is 7.85 Å². The van der Waals surface area contributed by atoms with Gasteiger partial charge >= 0.3 is 0 Å². The maximum absolute atomic E-state index is 5.18. The van der Waals surface area contributed by atoms with Crippen LogP contribution in [0, 0.1) is 0 Å². The standard InChI is InChI=1S/C6H9B/c1-2-3-4-5-6-7/h2,4H,5-6H2,1H3. The first-order valence-electron chi connectivity index (χ1n) is 2.47. The fraction of sp³-hybridized carbons (Fsp3) is 0.500. The lowest BCUT2D eigenvalue weighted by molar-refractivity contribution is 1.22. The van der Waals surface area contributed by atoms with Crippen LogP contribution in [0.4, 0.5) is 0 Å². The van der Waals surface area contributed by atoms with Crippen LogP contribution in [0.25, 0.3) is 0 Å². The molecule has 0 aliphatic heterocycles. The van der Waals surface area contributed by atoms with E-state index in [1.807, 2.05) is 19.1 Å². The maximum atomic E-state index is 5.18. The molecule has 0 nitrogen and oxygen atoms in total. The molecule has 0 aliphatic rings. The van der Waals surface area contributed by atoms with Crippen molar-refractivity contribution in [2.24, 2.45) is 0 Å². The highest BCUT2D eigenvalue weighted by molar-refractivity contribution is 6.08. The minimum absolute atomic E-state index is 0.723. The van der Waals surface area contributed by atoms with Crippen LogP contribution in [0.5, 0.6) is 0 Å². The van der Waals surface area contributed by atoms with Gasteiger partial charge in [0.25, 0.3) is 0 Å². The Morgan fingerprint density at radius 1 is 1.71 bits per heavy atom. The van der Waals surface area contributed by atoms with Crippen molar-refractivity contribution in [3.63, 3.8) is 0 Å². The van der Waals surface area contributed by atoms with Crippen LogP contribution >= 0.6 is 0 Å². The smallest absolute Gasteiger partial charge is 0.0657 e. The Bertz CT molecular complexity index is 78.2. The average molecular weight is 91.9 g/mol. The first-order valence-corrected chi connectivity index (χ1v) is 2.47.